The van der Waals surface area contributed by atoms with E-state index in [1.165, 1.54) is 18.2 Å². The van der Waals surface area contributed by atoms with Crippen LogP contribution in [0, 0.1) is 0 Å². The van der Waals surface area contributed by atoms with Gasteiger partial charge in [0.1, 0.15) is 0 Å². The van der Waals surface area contributed by atoms with Gasteiger partial charge in [-0.25, -0.2) is 13.1 Å². The lowest BCUT2D eigenvalue weighted by Gasteiger charge is -2.25. The van der Waals surface area contributed by atoms with Crippen molar-refractivity contribution in [3.63, 3.8) is 0 Å². The number of rotatable bonds is 6. The lowest BCUT2D eigenvalue weighted by Crippen LogP contribution is -2.31. The minimum absolute atomic E-state index is 0.0304. The SMILES string of the molecule is C=CCNS(=O)(=O)c1cccc(C(=O)N2CCC[C@H]2c2ccccc2)c1. The van der Waals surface area contributed by atoms with Crippen LogP contribution < -0.4 is 4.72 Å². The minimum atomic E-state index is -3.66. The molecular formula is C20H22N2O3S. The molecule has 0 saturated carbocycles. The molecule has 136 valence electrons. The van der Waals surface area contributed by atoms with Crippen LogP contribution in [0.2, 0.25) is 0 Å². The molecule has 26 heavy (non-hydrogen) atoms. The van der Waals surface area contributed by atoms with Crippen molar-refractivity contribution < 1.29 is 13.2 Å². The summed E-state index contributed by atoms with van der Waals surface area (Å²) in [5.74, 6) is -0.142. The fraction of sp³-hybridized carbons (Fsp3) is 0.250. The number of benzene rings is 2. The van der Waals surface area contributed by atoms with Gasteiger partial charge in [0, 0.05) is 18.7 Å². The third-order valence-electron chi connectivity index (χ3n) is 4.51. The molecule has 1 atom stereocenters. The molecule has 0 aromatic heterocycles. The average Bonchev–Trinajstić information content (AvgIpc) is 3.16. The number of hydrogen-bond donors (Lipinski definition) is 1. The highest BCUT2D eigenvalue weighted by Gasteiger charge is 2.30. The summed E-state index contributed by atoms with van der Waals surface area (Å²) in [5.41, 5.74) is 1.49. The van der Waals surface area contributed by atoms with Gasteiger partial charge in [-0.05, 0) is 36.6 Å². The number of carbonyl (C=O) groups is 1. The first-order valence-corrected chi connectivity index (χ1v) is 10.1. The fourth-order valence-corrected chi connectivity index (χ4v) is 4.29. The molecule has 0 bridgehead atoms. The summed E-state index contributed by atoms with van der Waals surface area (Å²) < 4.78 is 27.0. The minimum Gasteiger partial charge on any atom is -0.332 e. The van der Waals surface area contributed by atoms with E-state index in [1.807, 2.05) is 35.2 Å². The molecule has 1 amide bonds. The lowest BCUT2D eigenvalue weighted by atomic mass is 10.0. The molecule has 5 nitrogen and oxygen atoms in total. The summed E-state index contributed by atoms with van der Waals surface area (Å²) in [5, 5.41) is 0. The molecule has 3 rings (SSSR count). The summed E-state index contributed by atoms with van der Waals surface area (Å²) in [6.07, 6.45) is 3.32. The highest BCUT2D eigenvalue weighted by Crippen LogP contribution is 2.33. The molecule has 1 saturated heterocycles. The number of carbonyl (C=O) groups excluding carboxylic acids is 1. The quantitative estimate of drug-likeness (QED) is 0.795. The van der Waals surface area contributed by atoms with E-state index >= 15 is 0 Å². The second kappa shape index (κ2) is 7.85. The van der Waals surface area contributed by atoms with E-state index in [4.69, 9.17) is 0 Å². The molecule has 1 fully saturated rings. The van der Waals surface area contributed by atoms with Crippen molar-refractivity contribution in [2.45, 2.75) is 23.8 Å². The largest absolute Gasteiger partial charge is 0.332 e. The molecule has 6 heteroatoms. The van der Waals surface area contributed by atoms with Crippen molar-refractivity contribution >= 4 is 15.9 Å². The van der Waals surface area contributed by atoms with Gasteiger partial charge in [0.25, 0.3) is 5.91 Å². The van der Waals surface area contributed by atoms with Gasteiger partial charge in [-0.2, -0.15) is 0 Å². The van der Waals surface area contributed by atoms with Gasteiger partial charge >= 0.3 is 0 Å². The Balaban J connectivity index is 1.86. The Bertz CT molecular complexity index is 894. The molecule has 0 unspecified atom stereocenters. The van der Waals surface area contributed by atoms with Crippen molar-refractivity contribution in [1.29, 1.82) is 0 Å². The highest BCUT2D eigenvalue weighted by molar-refractivity contribution is 7.89. The Morgan fingerprint density at radius 2 is 1.96 bits per heavy atom. The monoisotopic (exact) mass is 370 g/mol. The van der Waals surface area contributed by atoms with Crippen LogP contribution in [0.3, 0.4) is 0 Å². The summed E-state index contributed by atoms with van der Waals surface area (Å²) in [4.78, 5) is 14.9. The summed E-state index contributed by atoms with van der Waals surface area (Å²) in [7, 11) is -3.66. The number of amides is 1. The van der Waals surface area contributed by atoms with Crippen molar-refractivity contribution in [1.82, 2.24) is 9.62 Å². The third kappa shape index (κ3) is 3.86. The Kier molecular flexibility index (Phi) is 5.54. The number of sulfonamides is 1. The zero-order valence-corrected chi connectivity index (χ0v) is 15.3. The van der Waals surface area contributed by atoms with Gasteiger partial charge in [0.05, 0.1) is 10.9 Å². The zero-order chi connectivity index (χ0) is 18.6. The normalized spacial score (nSPS) is 17.2. The van der Waals surface area contributed by atoms with Gasteiger partial charge in [-0.3, -0.25) is 4.79 Å². The van der Waals surface area contributed by atoms with E-state index in [0.29, 0.717) is 12.1 Å². The van der Waals surface area contributed by atoms with Crippen LogP contribution in [0.1, 0.15) is 34.8 Å². The topological polar surface area (TPSA) is 66.5 Å². The average molecular weight is 370 g/mol. The van der Waals surface area contributed by atoms with Crippen LogP contribution in [0.25, 0.3) is 0 Å². The van der Waals surface area contributed by atoms with Gasteiger partial charge in [0.2, 0.25) is 10.0 Å². The van der Waals surface area contributed by atoms with Crippen molar-refractivity contribution in [2.24, 2.45) is 0 Å². The van der Waals surface area contributed by atoms with Crippen LogP contribution in [-0.2, 0) is 10.0 Å². The molecule has 1 heterocycles. The Morgan fingerprint density at radius 1 is 1.19 bits per heavy atom. The molecule has 1 aliphatic rings. The first-order chi connectivity index (χ1) is 12.5. The maximum Gasteiger partial charge on any atom is 0.254 e. The highest BCUT2D eigenvalue weighted by atomic mass is 32.2. The first kappa shape index (κ1) is 18.4. The maximum atomic E-state index is 13.0. The van der Waals surface area contributed by atoms with E-state index in [9.17, 15) is 13.2 Å². The number of likely N-dealkylation sites (tertiary alicyclic amines) is 1. The van der Waals surface area contributed by atoms with Gasteiger partial charge in [-0.15, -0.1) is 6.58 Å². The Labute approximate surface area is 154 Å². The molecular weight excluding hydrogens is 348 g/mol. The van der Waals surface area contributed by atoms with Crippen LogP contribution in [-0.4, -0.2) is 32.3 Å². The van der Waals surface area contributed by atoms with E-state index < -0.39 is 10.0 Å². The standard InChI is InChI=1S/C20H22N2O3S/c1-2-13-21-26(24,25)18-11-6-10-17(15-18)20(23)22-14-7-12-19(22)16-8-4-3-5-9-16/h2-6,8-11,15,19,21H,1,7,12-14H2/t19-/m0/s1. The molecule has 1 aliphatic heterocycles. The smallest absolute Gasteiger partial charge is 0.254 e. The molecule has 1 N–H and O–H groups in total. The molecule has 0 radical (unpaired) electrons. The van der Waals surface area contributed by atoms with Crippen molar-refractivity contribution in [2.75, 3.05) is 13.1 Å². The summed E-state index contributed by atoms with van der Waals surface area (Å²) in [6, 6.07) is 16.2. The predicted octanol–water partition coefficient (Wildman–Crippen LogP) is 3.13. The van der Waals surface area contributed by atoms with E-state index in [0.717, 1.165) is 18.4 Å². The van der Waals surface area contributed by atoms with Crippen molar-refractivity contribution in [3.8, 4) is 0 Å². The summed E-state index contributed by atoms with van der Waals surface area (Å²) >= 11 is 0. The molecule has 0 spiro atoms. The zero-order valence-electron chi connectivity index (χ0n) is 14.5. The van der Waals surface area contributed by atoms with Gasteiger partial charge < -0.3 is 4.90 Å². The lowest BCUT2D eigenvalue weighted by molar-refractivity contribution is 0.0735. The summed E-state index contributed by atoms with van der Waals surface area (Å²) in [6.45, 7) is 4.32. The van der Waals surface area contributed by atoms with Crippen LogP contribution in [0.4, 0.5) is 0 Å². The van der Waals surface area contributed by atoms with Crippen LogP contribution in [0.15, 0.2) is 72.1 Å². The number of nitrogens with one attached hydrogen (secondary N) is 1. The number of hydrogen-bond acceptors (Lipinski definition) is 3. The maximum absolute atomic E-state index is 13.0. The number of nitrogens with zero attached hydrogens (tertiary/aromatic N) is 1. The van der Waals surface area contributed by atoms with E-state index in [2.05, 4.69) is 11.3 Å². The van der Waals surface area contributed by atoms with Crippen LogP contribution >= 0.6 is 0 Å². The second-order valence-electron chi connectivity index (χ2n) is 6.24. The molecule has 2 aromatic carbocycles. The van der Waals surface area contributed by atoms with E-state index in [1.54, 1.807) is 12.1 Å². The van der Waals surface area contributed by atoms with E-state index in [-0.39, 0.29) is 23.4 Å². The predicted molar refractivity (Wildman–Crippen MR) is 101 cm³/mol. The van der Waals surface area contributed by atoms with Gasteiger partial charge in [0.15, 0.2) is 0 Å². The fourth-order valence-electron chi connectivity index (χ4n) is 3.25. The Hall–Kier alpha value is -2.44. The molecule has 0 aliphatic carbocycles. The Morgan fingerprint density at radius 3 is 2.69 bits per heavy atom. The molecule has 2 aromatic rings. The van der Waals surface area contributed by atoms with Crippen LogP contribution in [0.5, 0.6) is 0 Å². The second-order valence-corrected chi connectivity index (χ2v) is 8.00. The third-order valence-corrected chi connectivity index (χ3v) is 5.93. The first-order valence-electron chi connectivity index (χ1n) is 8.59. The van der Waals surface area contributed by atoms with Crippen molar-refractivity contribution in [3.05, 3.63) is 78.4 Å². The van der Waals surface area contributed by atoms with Gasteiger partial charge in [-0.1, -0.05) is 42.5 Å².